The number of hydrogen-bond donors (Lipinski definition) is 0. The fourth-order valence-electron chi connectivity index (χ4n) is 1.74. The number of nitrogens with zero attached hydrogens (tertiary/aromatic N) is 1. The minimum atomic E-state index is 0.404. The molecule has 0 radical (unpaired) electrons. The first-order valence-corrected chi connectivity index (χ1v) is 5.63. The maximum atomic E-state index is 10.0. The molecule has 1 rings (SSSR count). The topological polar surface area (TPSA) is 39.2 Å². The van der Waals surface area contributed by atoms with Gasteiger partial charge in [-0.15, -0.1) is 0 Å². The van der Waals surface area contributed by atoms with Crippen LogP contribution in [0.5, 0.6) is 0 Å². The third-order valence-electron chi connectivity index (χ3n) is 2.25. The molecule has 0 aromatic carbocycles. The van der Waals surface area contributed by atoms with E-state index in [-0.39, 0.29) is 0 Å². The summed E-state index contributed by atoms with van der Waals surface area (Å²) in [6.07, 6.45) is 1.75. The van der Waals surface area contributed by atoms with E-state index >= 15 is 0 Å². The molecule has 0 saturated carbocycles. The van der Waals surface area contributed by atoms with Crippen molar-refractivity contribution in [1.29, 1.82) is 0 Å². The number of rotatable bonds is 6. The number of aromatic nitrogens is 1. The summed E-state index contributed by atoms with van der Waals surface area (Å²) in [6.45, 7) is 7.27. The molecule has 16 heavy (non-hydrogen) atoms. The summed E-state index contributed by atoms with van der Waals surface area (Å²) in [7, 11) is 0. The number of aryl methyl sites for hydroxylation is 1. The smallest absolute Gasteiger partial charge is 0.293 e. The lowest BCUT2D eigenvalue weighted by Crippen LogP contribution is -2.03. The zero-order valence-electron chi connectivity index (χ0n) is 10.2. The first-order chi connectivity index (χ1) is 7.61. The van der Waals surface area contributed by atoms with Gasteiger partial charge in [0.25, 0.3) is 6.47 Å². The third-order valence-corrected chi connectivity index (χ3v) is 2.25. The average Bonchev–Trinajstić information content (AvgIpc) is 2.16. The van der Waals surface area contributed by atoms with E-state index < -0.39 is 0 Å². The van der Waals surface area contributed by atoms with Crippen molar-refractivity contribution in [1.82, 2.24) is 4.98 Å². The summed E-state index contributed by atoms with van der Waals surface area (Å²) in [4.78, 5) is 14.4. The molecule has 0 aliphatic heterocycles. The second kappa shape index (κ2) is 6.26. The molecular weight excluding hydrogens is 202 g/mol. The summed E-state index contributed by atoms with van der Waals surface area (Å²) in [5.41, 5.74) is 3.33. The van der Waals surface area contributed by atoms with E-state index in [4.69, 9.17) is 0 Å². The van der Waals surface area contributed by atoms with Crippen LogP contribution in [-0.2, 0) is 22.4 Å². The lowest BCUT2D eigenvalue weighted by Gasteiger charge is -2.08. The van der Waals surface area contributed by atoms with Crippen LogP contribution in [0.3, 0.4) is 0 Å². The van der Waals surface area contributed by atoms with Crippen LogP contribution in [0, 0.1) is 12.8 Å². The van der Waals surface area contributed by atoms with Gasteiger partial charge in [-0.3, -0.25) is 9.78 Å². The second-order valence-electron chi connectivity index (χ2n) is 4.42. The van der Waals surface area contributed by atoms with Crippen LogP contribution < -0.4 is 0 Å². The zero-order chi connectivity index (χ0) is 12.0. The van der Waals surface area contributed by atoms with Crippen molar-refractivity contribution in [2.75, 3.05) is 6.61 Å². The van der Waals surface area contributed by atoms with Crippen molar-refractivity contribution in [3.05, 3.63) is 29.1 Å². The highest BCUT2D eigenvalue weighted by atomic mass is 16.5. The Labute approximate surface area is 96.8 Å². The Morgan fingerprint density at radius 3 is 2.81 bits per heavy atom. The summed E-state index contributed by atoms with van der Waals surface area (Å²) in [5, 5.41) is 0. The summed E-state index contributed by atoms with van der Waals surface area (Å²) in [5.74, 6) is 0.640. The van der Waals surface area contributed by atoms with Gasteiger partial charge < -0.3 is 4.74 Å². The molecule has 0 aliphatic carbocycles. The van der Waals surface area contributed by atoms with Crippen molar-refractivity contribution in [3.63, 3.8) is 0 Å². The number of ether oxygens (including phenoxy) is 1. The highest BCUT2D eigenvalue weighted by molar-refractivity contribution is 5.36. The average molecular weight is 221 g/mol. The van der Waals surface area contributed by atoms with E-state index in [2.05, 4.69) is 35.7 Å². The third kappa shape index (κ3) is 4.43. The van der Waals surface area contributed by atoms with E-state index in [1.165, 1.54) is 5.56 Å². The Morgan fingerprint density at radius 1 is 1.44 bits per heavy atom. The Kier molecular flexibility index (Phi) is 4.96. The predicted octanol–water partition coefficient (Wildman–Crippen LogP) is 2.30. The van der Waals surface area contributed by atoms with Gasteiger partial charge in [-0.1, -0.05) is 13.8 Å². The van der Waals surface area contributed by atoms with E-state index in [9.17, 15) is 4.79 Å². The highest BCUT2D eigenvalue weighted by Gasteiger charge is 2.03. The molecule has 0 amide bonds. The fourth-order valence-corrected chi connectivity index (χ4v) is 1.74. The van der Waals surface area contributed by atoms with Gasteiger partial charge in [0.2, 0.25) is 0 Å². The highest BCUT2D eigenvalue weighted by Crippen LogP contribution is 2.11. The van der Waals surface area contributed by atoms with Crippen LogP contribution in [0.25, 0.3) is 0 Å². The molecule has 1 aromatic heterocycles. The van der Waals surface area contributed by atoms with Gasteiger partial charge in [-0.05, 0) is 37.0 Å². The van der Waals surface area contributed by atoms with E-state index in [0.29, 0.717) is 25.4 Å². The normalized spacial score (nSPS) is 10.5. The molecule has 88 valence electrons. The number of hydrogen-bond acceptors (Lipinski definition) is 3. The van der Waals surface area contributed by atoms with Crippen molar-refractivity contribution in [2.45, 2.75) is 33.6 Å². The Bertz CT molecular complexity index is 348. The summed E-state index contributed by atoms with van der Waals surface area (Å²) in [6, 6.07) is 4.21. The van der Waals surface area contributed by atoms with Crippen LogP contribution in [0.2, 0.25) is 0 Å². The minimum absolute atomic E-state index is 0.404. The number of pyridine rings is 1. The van der Waals surface area contributed by atoms with Crippen LogP contribution in [0.15, 0.2) is 12.1 Å². The molecule has 0 fully saturated rings. The van der Waals surface area contributed by atoms with E-state index in [1.807, 2.05) is 6.92 Å². The molecule has 3 nitrogen and oxygen atoms in total. The molecule has 1 aromatic rings. The summed E-state index contributed by atoms with van der Waals surface area (Å²) < 4.78 is 4.68. The van der Waals surface area contributed by atoms with Gasteiger partial charge in [0.05, 0.1) is 6.61 Å². The molecule has 0 bridgehead atoms. The zero-order valence-corrected chi connectivity index (χ0v) is 10.2. The molecule has 0 atom stereocenters. The van der Waals surface area contributed by atoms with Crippen molar-refractivity contribution in [3.8, 4) is 0 Å². The van der Waals surface area contributed by atoms with E-state index in [0.717, 1.165) is 17.8 Å². The standard InChI is InChI=1S/C13H19NO2/c1-10(2)6-12-7-11(3)14-13(8-12)4-5-16-9-15/h7-10H,4-6H2,1-3H3. The maximum Gasteiger partial charge on any atom is 0.293 e. The lowest BCUT2D eigenvalue weighted by molar-refractivity contribution is -0.128. The number of carbonyl (C=O) groups is 1. The molecule has 0 saturated heterocycles. The Balaban J connectivity index is 2.69. The maximum absolute atomic E-state index is 10.0. The molecule has 0 N–H and O–H groups in total. The van der Waals surface area contributed by atoms with Crippen LogP contribution in [-0.4, -0.2) is 18.1 Å². The van der Waals surface area contributed by atoms with Gasteiger partial charge in [0.1, 0.15) is 0 Å². The van der Waals surface area contributed by atoms with Crippen LogP contribution in [0.4, 0.5) is 0 Å². The molecule has 1 heterocycles. The van der Waals surface area contributed by atoms with Crippen LogP contribution in [0.1, 0.15) is 30.8 Å². The number of carbonyl (C=O) groups excluding carboxylic acids is 1. The van der Waals surface area contributed by atoms with Crippen molar-refractivity contribution >= 4 is 6.47 Å². The molecule has 3 heteroatoms. The van der Waals surface area contributed by atoms with Gasteiger partial charge in [0, 0.05) is 17.8 Å². The van der Waals surface area contributed by atoms with Crippen molar-refractivity contribution in [2.24, 2.45) is 5.92 Å². The second-order valence-corrected chi connectivity index (χ2v) is 4.42. The van der Waals surface area contributed by atoms with Gasteiger partial charge in [-0.25, -0.2) is 0 Å². The Hall–Kier alpha value is -1.38. The quantitative estimate of drug-likeness (QED) is 0.546. The van der Waals surface area contributed by atoms with Gasteiger partial charge in [-0.2, -0.15) is 0 Å². The fraction of sp³-hybridized carbons (Fsp3) is 0.538. The largest absolute Gasteiger partial charge is 0.467 e. The van der Waals surface area contributed by atoms with Gasteiger partial charge >= 0.3 is 0 Å². The van der Waals surface area contributed by atoms with Gasteiger partial charge in [0.15, 0.2) is 0 Å². The minimum Gasteiger partial charge on any atom is -0.467 e. The predicted molar refractivity (Wildman–Crippen MR) is 63.2 cm³/mol. The van der Waals surface area contributed by atoms with Crippen molar-refractivity contribution < 1.29 is 9.53 Å². The molecule has 0 aliphatic rings. The first-order valence-electron chi connectivity index (χ1n) is 5.63. The SMILES string of the molecule is Cc1cc(CC(C)C)cc(CCOC=O)n1. The summed E-state index contributed by atoms with van der Waals surface area (Å²) >= 11 is 0. The Morgan fingerprint density at radius 2 is 2.19 bits per heavy atom. The van der Waals surface area contributed by atoms with E-state index in [1.54, 1.807) is 0 Å². The molecular formula is C13H19NO2. The molecule has 0 unspecified atom stereocenters. The molecule has 0 spiro atoms. The van der Waals surface area contributed by atoms with Crippen LogP contribution >= 0.6 is 0 Å². The monoisotopic (exact) mass is 221 g/mol. The first kappa shape index (κ1) is 12.7. The lowest BCUT2D eigenvalue weighted by atomic mass is 10.0.